The number of hydrogen-bond acceptors (Lipinski definition) is 3. The number of rotatable bonds is 6. The lowest BCUT2D eigenvalue weighted by molar-refractivity contribution is -0.136. The lowest BCUT2D eigenvalue weighted by Crippen LogP contribution is -2.52. The van der Waals surface area contributed by atoms with Crippen molar-refractivity contribution in [3.63, 3.8) is 0 Å². The van der Waals surface area contributed by atoms with Gasteiger partial charge < -0.3 is 20.4 Å². The molecule has 0 radical (unpaired) electrons. The largest absolute Gasteiger partial charge is 0.332 e. The summed E-state index contributed by atoms with van der Waals surface area (Å²) in [6.07, 6.45) is 2.15. The van der Waals surface area contributed by atoms with E-state index >= 15 is 0 Å². The molecule has 7 heteroatoms. The number of amides is 4. The van der Waals surface area contributed by atoms with Gasteiger partial charge in [-0.25, -0.2) is 4.79 Å². The number of hydrogen-bond donors (Lipinski definition) is 2. The molecule has 1 atom stereocenters. The van der Waals surface area contributed by atoms with Crippen molar-refractivity contribution in [3.8, 4) is 0 Å². The molecule has 2 aromatic rings. The summed E-state index contributed by atoms with van der Waals surface area (Å²) in [5, 5.41) is 5.52. The summed E-state index contributed by atoms with van der Waals surface area (Å²) in [5.74, 6) is -0.352. The van der Waals surface area contributed by atoms with Crippen molar-refractivity contribution in [2.45, 2.75) is 45.2 Å². The maximum absolute atomic E-state index is 13.1. The summed E-state index contributed by atoms with van der Waals surface area (Å²) < 4.78 is 0. The van der Waals surface area contributed by atoms with Gasteiger partial charge in [-0.05, 0) is 57.4 Å². The smallest absolute Gasteiger partial charge is 0.319 e. The van der Waals surface area contributed by atoms with Crippen molar-refractivity contribution in [2.24, 2.45) is 0 Å². The fourth-order valence-corrected chi connectivity index (χ4v) is 3.80. The van der Waals surface area contributed by atoms with Crippen molar-refractivity contribution < 1.29 is 14.4 Å². The van der Waals surface area contributed by atoms with E-state index < -0.39 is 12.1 Å². The zero-order valence-corrected chi connectivity index (χ0v) is 18.1. The molecule has 1 aliphatic rings. The molecule has 0 aromatic heterocycles. The van der Waals surface area contributed by atoms with Crippen LogP contribution in [-0.4, -0.2) is 47.9 Å². The SMILES string of the molecule is CC(C)N(C(=O)CN1CCCC[C@@H](NC(=O)Nc2ccccc2)C1=O)c1ccccc1. The summed E-state index contributed by atoms with van der Waals surface area (Å²) in [6, 6.07) is 17.4. The Hall–Kier alpha value is -3.35. The second-order valence-corrected chi connectivity index (χ2v) is 7.97. The average Bonchev–Trinajstić information content (AvgIpc) is 2.91. The zero-order chi connectivity index (χ0) is 22.2. The van der Waals surface area contributed by atoms with E-state index in [4.69, 9.17) is 0 Å². The van der Waals surface area contributed by atoms with E-state index in [1.807, 2.05) is 62.4 Å². The quantitative estimate of drug-likeness (QED) is 0.746. The van der Waals surface area contributed by atoms with Crippen LogP contribution >= 0.6 is 0 Å². The first kappa shape index (κ1) is 22.3. The molecular weight excluding hydrogens is 392 g/mol. The molecule has 1 saturated heterocycles. The van der Waals surface area contributed by atoms with Crippen LogP contribution in [0.3, 0.4) is 0 Å². The van der Waals surface area contributed by atoms with Crippen LogP contribution in [0.5, 0.6) is 0 Å². The molecule has 1 heterocycles. The number of benzene rings is 2. The molecule has 1 fully saturated rings. The molecule has 4 amide bonds. The Kier molecular flexibility index (Phi) is 7.65. The second kappa shape index (κ2) is 10.6. The van der Waals surface area contributed by atoms with Crippen LogP contribution in [0.15, 0.2) is 60.7 Å². The lowest BCUT2D eigenvalue weighted by atomic mass is 10.1. The van der Waals surface area contributed by atoms with E-state index in [0.29, 0.717) is 18.7 Å². The maximum atomic E-state index is 13.1. The van der Waals surface area contributed by atoms with Gasteiger partial charge in [0.1, 0.15) is 12.6 Å². The Bertz CT molecular complexity index is 886. The first-order valence-corrected chi connectivity index (χ1v) is 10.7. The third kappa shape index (κ3) is 6.07. The Morgan fingerprint density at radius 1 is 1.03 bits per heavy atom. The van der Waals surface area contributed by atoms with E-state index in [0.717, 1.165) is 18.5 Å². The van der Waals surface area contributed by atoms with Gasteiger partial charge in [0, 0.05) is 24.0 Å². The summed E-state index contributed by atoms with van der Waals surface area (Å²) >= 11 is 0. The fraction of sp³-hybridized carbons (Fsp3) is 0.375. The molecule has 7 nitrogen and oxygen atoms in total. The van der Waals surface area contributed by atoms with Crippen LogP contribution in [-0.2, 0) is 9.59 Å². The van der Waals surface area contributed by atoms with Gasteiger partial charge in [0.15, 0.2) is 0 Å². The van der Waals surface area contributed by atoms with Gasteiger partial charge in [-0.3, -0.25) is 9.59 Å². The van der Waals surface area contributed by atoms with Gasteiger partial charge in [0.25, 0.3) is 0 Å². The maximum Gasteiger partial charge on any atom is 0.319 e. The molecule has 0 aliphatic carbocycles. The molecule has 2 aromatic carbocycles. The molecule has 0 spiro atoms. The molecule has 0 bridgehead atoms. The van der Waals surface area contributed by atoms with Crippen LogP contribution < -0.4 is 15.5 Å². The van der Waals surface area contributed by atoms with Crippen LogP contribution in [0, 0.1) is 0 Å². The lowest BCUT2D eigenvalue weighted by Gasteiger charge is -2.31. The normalized spacial score (nSPS) is 16.5. The van der Waals surface area contributed by atoms with Crippen LogP contribution in [0.4, 0.5) is 16.2 Å². The van der Waals surface area contributed by atoms with E-state index in [1.165, 1.54) is 0 Å². The fourth-order valence-electron chi connectivity index (χ4n) is 3.80. The minimum absolute atomic E-state index is 0.00953. The monoisotopic (exact) mass is 422 g/mol. The molecule has 0 unspecified atom stereocenters. The van der Waals surface area contributed by atoms with Gasteiger partial charge in [-0.1, -0.05) is 36.4 Å². The predicted octanol–water partition coefficient (Wildman–Crippen LogP) is 3.63. The standard InChI is InChI=1S/C24H30N4O3/c1-18(2)28(20-13-7-4-8-14-20)22(29)17-27-16-10-9-15-21(23(27)30)26-24(31)25-19-11-5-3-6-12-19/h3-8,11-14,18,21H,9-10,15-17H2,1-2H3,(H2,25,26,31)/t21-/m1/s1. The Morgan fingerprint density at radius 3 is 2.32 bits per heavy atom. The van der Waals surface area contributed by atoms with Gasteiger partial charge in [-0.2, -0.15) is 0 Å². The third-order valence-electron chi connectivity index (χ3n) is 5.26. The summed E-state index contributed by atoms with van der Waals surface area (Å²) in [5.41, 5.74) is 1.46. The third-order valence-corrected chi connectivity index (χ3v) is 5.26. The summed E-state index contributed by atoms with van der Waals surface area (Å²) in [6.45, 7) is 4.40. The summed E-state index contributed by atoms with van der Waals surface area (Å²) in [4.78, 5) is 41.9. The first-order valence-electron chi connectivity index (χ1n) is 10.7. The topological polar surface area (TPSA) is 81.8 Å². The van der Waals surface area contributed by atoms with Crippen LogP contribution in [0.2, 0.25) is 0 Å². The van der Waals surface area contributed by atoms with Gasteiger partial charge in [0.05, 0.1) is 0 Å². The molecule has 31 heavy (non-hydrogen) atoms. The summed E-state index contributed by atoms with van der Waals surface area (Å²) in [7, 11) is 0. The van der Waals surface area contributed by atoms with Crippen molar-refractivity contribution >= 4 is 29.2 Å². The van der Waals surface area contributed by atoms with Gasteiger partial charge in [-0.15, -0.1) is 0 Å². The van der Waals surface area contributed by atoms with E-state index in [1.54, 1.807) is 21.9 Å². The minimum Gasteiger partial charge on any atom is -0.332 e. The highest BCUT2D eigenvalue weighted by Crippen LogP contribution is 2.19. The molecule has 3 rings (SSSR count). The van der Waals surface area contributed by atoms with Gasteiger partial charge in [0.2, 0.25) is 11.8 Å². The number of likely N-dealkylation sites (tertiary alicyclic amines) is 1. The van der Waals surface area contributed by atoms with Crippen molar-refractivity contribution in [2.75, 3.05) is 23.3 Å². The number of nitrogens with one attached hydrogen (secondary N) is 2. The minimum atomic E-state index is -0.650. The van der Waals surface area contributed by atoms with Crippen LogP contribution in [0.1, 0.15) is 33.1 Å². The van der Waals surface area contributed by atoms with Crippen molar-refractivity contribution in [1.82, 2.24) is 10.2 Å². The average molecular weight is 423 g/mol. The van der Waals surface area contributed by atoms with Crippen molar-refractivity contribution in [1.29, 1.82) is 0 Å². The number of para-hydroxylation sites is 2. The molecule has 164 valence electrons. The number of carbonyl (C=O) groups excluding carboxylic acids is 3. The molecular formula is C24H30N4O3. The van der Waals surface area contributed by atoms with E-state index in [9.17, 15) is 14.4 Å². The Morgan fingerprint density at radius 2 is 1.68 bits per heavy atom. The number of carbonyl (C=O) groups is 3. The number of urea groups is 1. The highest BCUT2D eigenvalue weighted by Gasteiger charge is 2.31. The van der Waals surface area contributed by atoms with E-state index in [2.05, 4.69) is 10.6 Å². The molecule has 1 aliphatic heterocycles. The Labute approximate surface area is 183 Å². The number of nitrogens with zero attached hydrogens (tertiary/aromatic N) is 2. The van der Waals surface area contributed by atoms with E-state index in [-0.39, 0.29) is 24.4 Å². The zero-order valence-electron chi connectivity index (χ0n) is 18.1. The van der Waals surface area contributed by atoms with Crippen molar-refractivity contribution in [3.05, 3.63) is 60.7 Å². The second-order valence-electron chi connectivity index (χ2n) is 7.97. The molecule has 2 N–H and O–H groups in total. The highest BCUT2D eigenvalue weighted by molar-refractivity contribution is 5.99. The Balaban J connectivity index is 1.66. The highest BCUT2D eigenvalue weighted by atomic mass is 16.2. The number of anilines is 2. The van der Waals surface area contributed by atoms with Crippen LogP contribution in [0.25, 0.3) is 0 Å². The molecule has 0 saturated carbocycles. The van der Waals surface area contributed by atoms with Gasteiger partial charge >= 0.3 is 6.03 Å². The first-order chi connectivity index (χ1) is 15.0. The predicted molar refractivity (Wildman–Crippen MR) is 122 cm³/mol.